The van der Waals surface area contributed by atoms with Crippen LogP contribution in [0.2, 0.25) is 0 Å². The maximum atomic E-state index is 5.87. The molecule has 0 spiro atoms. The second kappa shape index (κ2) is 6.00. The van der Waals surface area contributed by atoms with Crippen LogP contribution in [0.15, 0.2) is 42.5 Å². The lowest BCUT2D eigenvalue weighted by Gasteiger charge is -2.11. The lowest BCUT2D eigenvalue weighted by Crippen LogP contribution is -2.00. The fourth-order valence-electron chi connectivity index (χ4n) is 1.69. The van der Waals surface area contributed by atoms with Crippen LogP contribution < -0.4 is 19.9 Å². The van der Waals surface area contributed by atoms with Crippen molar-refractivity contribution in [2.45, 2.75) is 6.61 Å². The predicted octanol–water partition coefficient (Wildman–Crippen LogP) is 2.87. The summed E-state index contributed by atoms with van der Waals surface area (Å²) in [4.78, 5) is 0. The number of rotatable bonds is 5. The van der Waals surface area contributed by atoms with Crippen LogP contribution in [-0.4, -0.2) is 14.2 Å². The first-order valence-electron chi connectivity index (χ1n) is 5.92. The summed E-state index contributed by atoms with van der Waals surface area (Å²) >= 11 is 0. The minimum absolute atomic E-state index is 0.406. The number of para-hydroxylation sites is 1. The number of benzene rings is 2. The first-order chi connectivity index (χ1) is 9.22. The van der Waals surface area contributed by atoms with Crippen LogP contribution in [-0.2, 0) is 6.61 Å². The zero-order valence-electron chi connectivity index (χ0n) is 11.1. The van der Waals surface area contributed by atoms with E-state index in [9.17, 15) is 0 Å². The molecule has 0 radical (unpaired) electrons. The standard InChI is InChI=1S/C15H17NO3/c1-17-12-7-13(18-2)9-14(8-12)19-10-11-5-3-4-6-15(11)16/h3-9H,10,16H2,1-2H3. The first kappa shape index (κ1) is 13.1. The second-order valence-electron chi connectivity index (χ2n) is 4.04. The third kappa shape index (κ3) is 3.31. The molecule has 4 nitrogen and oxygen atoms in total. The molecule has 0 aliphatic carbocycles. The highest BCUT2D eigenvalue weighted by molar-refractivity contribution is 5.46. The summed E-state index contributed by atoms with van der Waals surface area (Å²) in [5.74, 6) is 2.06. The molecule has 19 heavy (non-hydrogen) atoms. The van der Waals surface area contributed by atoms with Crippen molar-refractivity contribution in [1.82, 2.24) is 0 Å². The van der Waals surface area contributed by atoms with Crippen LogP contribution in [0.1, 0.15) is 5.56 Å². The van der Waals surface area contributed by atoms with Gasteiger partial charge in [0, 0.05) is 29.4 Å². The van der Waals surface area contributed by atoms with E-state index in [1.807, 2.05) is 36.4 Å². The summed E-state index contributed by atoms with van der Waals surface area (Å²) in [6.07, 6.45) is 0. The van der Waals surface area contributed by atoms with Gasteiger partial charge in [-0.05, 0) is 6.07 Å². The maximum Gasteiger partial charge on any atom is 0.127 e. The molecule has 4 heteroatoms. The van der Waals surface area contributed by atoms with Crippen LogP contribution in [0.5, 0.6) is 17.2 Å². The zero-order chi connectivity index (χ0) is 13.7. The summed E-state index contributed by atoms with van der Waals surface area (Å²) in [7, 11) is 3.21. The van der Waals surface area contributed by atoms with E-state index in [-0.39, 0.29) is 0 Å². The highest BCUT2D eigenvalue weighted by atomic mass is 16.5. The fraction of sp³-hybridized carbons (Fsp3) is 0.200. The normalized spacial score (nSPS) is 10.0. The van der Waals surface area contributed by atoms with Crippen molar-refractivity contribution >= 4 is 5.69 Å². The largest absolute Gasteiger partial charge is 0.496 e. The van der Waals surface area contributed by atoms with E-state index in [0.29, 0.717) is 23.9 Å². The van der Waals surface area contributed by atoms with Crippen LogP contribution in [0, 0.1) is 0 Å². The number of nitrogen functional groups attached to an aromatic ring is 1. The molecular weight excluding hydrogens is 242 g/mol. The molecule has 0 fully saturated rings. The van der Waals surface area contributed by atoms with Crippen molar-refractivity contribution in [3.8, 4) is 17.2 Å². The summed E-state index contributed by atoms with van der Waals surface area (Å²) in [5.41, 5.74) is 7.54. The van der Waals surface area contributed by atoms with Crippen molar-refractivity contribution in [3.05, 3.63) is 48.0 Å². The Bertz CT molecular complexity index is 533. The number of nitrogens with two attached hydrogens (primary N) is 1. The highest BCUT2D eigenvalue weighted by Crippen LogP contribution is 2.28. The van der Waals surface area contributed by atoms with E-state index in [4.69, 9.17) is 19.9 Å². The number of hydrogen-bond acceptors (Lipinski definition) is 4. The van der Waals surface area contributed by atoms with E-state index in [2.05, 4.69) is 0 Å². The molecule has 0 aliphatic heterocycles. The lowest BCUT2D eigenvalue weighted by atomic mass is 10.2. The number of anilines is 1. The maximum absolute atomic E-state index is 5.87. The Balaban J connectivity index is 2.13. The molecular formula is C15H17NO3. The van der Waals surface area contributed by atoms with E-state index in [1.54, 1.807) is 20.3 Å². The Morgan fingerprint density at radius 2 is 1.47 bits per heavy atom. The average Bonchev–Trinajstić information content (AvgIpc) is 2.46. The Morgan fingerprint density at radius 3 is 2.05 bits per heavy atom. The monoisotopic (exact) mass is 259 g/mol. The minimum Gasteiger partial charge on any atom is -0.496 e. The molecule has 2 aromatic rings. The van der Waals surface area contributed by atoms with E-state index < -0.39 is 0 Å². The van der Waals surface area contributed by atoms with Crippen molar-refractivity contribution in [1.29, 1.82) is 0 Å². The van der Waals surface area contributed by atoms with Gasteiger partial charge in [-0.1, -0.05) is 18.2 Å². The van der Waals surface area contributed by atoms with Gasteiger partial charge in [0.1, 0.15) is 23.9 Å². The molecule has 100 valence electrons. The van der Waals surface area contributed by atoms with Crippen molar-refractivity contribution < 1.29 is 14.2 Å². The Morgan fingerprint density at radius 1 is 0.895 bits per heavy atom. The Kier molecular flexibility index (Phi) is 4.13. The molecule has 2 aromatic carbocycles. The summed E-state index contributed by atoms with van der Waals surface area (Å²) in [6, 6.07) is 13.0. The van der Waals surface area contributed by atoms with Gasteiger partial charge in [0.25, 0.3) is 0 Å². The van der Waals surface area contributed by atoms with E-state index in [1.165, 1.54) is 0 Å². The molecule has 0 saturated carbocycles. The summed E-state index contributed by atoms with van der Waals surface area (Å²) in [5, 5.41) is 0. The second-order valence-corrected chi connectivity index (χ2v) is 4.04. The molecule has 0 atom stereocenters. The summed E-state index contributed by atoms with van der Waals surface area (Å²) in [6.45, 7) is 0.406. The predicted molar refractivity (Wildman–Crippen MR) is 74.7 cm³/mol. The van der Waals surface area contributed by atoms with Gasteiger partial charge in [-0.25, -0.2) is 0 Å². The molecule has 2 N–H and O–H groups in total. The SMILES string of the molecule is COc1cc(OC)cc(OCc2ccccc2N)c1. The third-order valence-electron chi connectivity index (χ3n) is 2.77. The summed E-state index contributed by atoms with van der Waals surface area (Å²) < 4.78 is 16.1. The average molecular weight is 259 g/mol. The molecule has 0 bridgehead atoms. The van der Waals surface area contributed by atoms with Gasteiger partial charge in [-0.2, -0.15) is 0 Å². The van der Waals surface area contributed by atoms with E-state index >= 15 is 0 Å². The number of hydrogen-bond donors (Lipinski definition) is 1. The smallest absolute Gasteiger partial charge is 0.127 e. The van der Waals surface area contributed by atoms with Crippen LogP contribution in [0.4, 0.5) is 5.69 Å². The third-order valence-corrected chi connectivity index (χ3v) is 2.77. The van der Waals surface area contributed by atoms with Gasteiger partial charge in [-0.3, -0.25) is 0 Å². The zero-order valence-corrected chi connectivity index (χ0v) is 11.1. The van der Waals surface area contributed by atoms with Gasteiger partial charge in [0.2, 0.25) is 0 Å². The van der Waals surface area contributed by atoms with Gasteiger partial charge in [0.05, 0.1) is 14.2 Å². The first-order valence-corrected chi connectivity index (χ1v) is 5.92. The van der Waals surface area contributed by atoms with Crippen molar-refractivity contribution in [2.24, 2.45) is 0 Å². The van der Waals surface area contributed by atoms with Crippen molar-refractivity contribution in [2.75, 3.05) is 20.0 Å². The topological polar surface area (TPSA) is 53.7 Å². The molecule has 0 amide bonds. The van der Waals surface area contributed by atoms with Gasteiger partial charge < -0.3 is 19.9 Å². The molecule has 0 saturated heterocycles. The molecule has 0 unspecified atom stereocenters. The molecule has 0 heterocycles. The van der Waals surface area contributed by atoms with Crippen molar-refractivity contribution in [3.63, 3.8) is 0 Å². The molecule has 2 rings (SSSR count). The lowest BCUT2D eigenvalue weighted by molar-refractivity contribution is 0.301. The molecule has 0 aromatic heterocycles. The number of ether oxygens (including phenoxy) is 3. The van der Waals surface area contributed by atoms with Crippen LogP contribution >= 0.6 is 0 Å². The van der Waals surface area contributed by atoms with E-state index in [0.717, 1.165) is 11.3 Å². The highest BCUT2D eigenvalue weighted by Gasteiger charge is 2.04. The quantitative estimate of drug-likeness (QED) is 0.839. The van der Waals surface area contributed by atoms with Gasteiger partial charge in [0.15, 0.2) is 0 Å². The Hall–Kier alpha value is -2.36. The molecule has 0 aliphatic rings. The minimum atomic E-state index is 0.406. The fourth-order valence-corrected chi connectivity index (χ4v) is 1.69. The van der Waals surface area contributed by atoms with Gasteiger partial charge in [-0.15, -0.1) is 0 Å². The Labute approximate surface area is 112 Å². The van der Waals surface area contributed by atoms with Crippen LogP contribution in [0.25, 0.3) is 0 Å². The number of methoxy groups -OCH3 is 2. The van der Waals surface area contributed by atoms with Crippen LogP contribution in [0.3, 0.4) is 0 Å². The van der Waals surface area contributed by atoms with Gasteiger partial charge >= 0.3 is 0 Å².